The number of aldehydes is 1. The fraction of sp³-hybridized carbons (Fsp3) is 0.375. The predicted octanol–water partition coefficient (Wildman–Crippen LogP) is 3.90. The minimum atomic E-state index is 0.428. The second-order valence-electron chi connectivity index (χ2n) is 5.51. The third-order valence-electron chi connectivity index (χ3n) is 3.14. The van der Waals surface area contributed by atoms with E-state index in [4.69, 9.17) is 11.6 Å². The Balaban J connectivity index is 2.32. The molecule has 20 heavy (non-hydrogen) atoms. The first-order chi connectivity index (χ1) is 9.51. The Morgan fingerprint density at radius 3 is 2.75 bits per heavy atom. The van der Waals surface area contributed by atoms with E-state index in [0.29, 0.717) is 23.2 Å². The Labute approximate surface area is 124 Å². The van der Waals surface area contributed by atoms with Crippen LogP contribution in [-0.4, -0.2) is 16.1 Å². The van der Waals surface area contributed by atoms with Crippen LogP contribution in [0.3, 0.4) is 0 Å². The number of hydrogen-bond donors (Lipinski definition) is 0. The van der Waals surface area contributed by atoms with E-state index in [0.717, 1.165) is 24.0 Å². The maximum Gasteiger partial charge on any atom is 0.155 e. The minimum absolute atomic E-state index is 0.428. The van der Waals surface area contributed by atoms with E-state index >= 15 is 0 Å². The molecule has 0 unspecified atom stereocenters. The quantitative estimate of drug-likeness (QED) is 0.783. The number of carbonyl (C=O) groups excluding carboxylic acids is 1. The average molecular weight is 291 g/mol. The highest BCUT2D eigenvalue weighted by atomic mass is 35.5. The van der Waals surface area contributed by atoms with E-state index in [9.17, 15) is 4.79 Å². The summed E-state index contributed by atoms with van der Waals surface area (Å²) in [5.74, 6) is 0.437. The summed E-state index contributed by atoms with van der Waals surface area (Å²) in [6.45, 7) is 6.83. The third-order valence-corrected chi connectivity index (χ3v) is 3.53. The van der Waals surface area contributed by atoms with Crippen LogP contribution < -0.4 is 0 Å². The monoisotopic (exact) mass is 290 g/mol. The molecule has 0 fully saturated rings. The first kappa shape index (κ1) is 14.8. The van der Waals surface area contributed by atoms with Gasteiger partial charge in [-0.2, -0.15) is 5.10 Å². The molecule has 1 aromatic carbocycles. The summed E-state index contributed by atoms with van der Waals surface area (Å²) in [6.07, 6.45) is 1.56. The van der Waals surface area contributed by atoms with Gasteiger partial charge in [0.15, 0.2) is 6.29 Å². The van der Waals surface area contributed by atoms with Crippen molar-refractivity contribution >= 4 is 17.9 Å². The van der Waals surface area contributed by atoms with Crippen LogP contribution in [0.5, 0.6) is 0 Å². The van der Waals surface area contributed by atoms with E-state index in [2.05, 4.69) is 38.0 Å². The topological polar surface area (TPSA) is 34.9 Å². The van der Waals surface area contributed by atoms with Crippen molar-refractivity contribution in [2.75, 3.05) is 0 Å². The Morgan fingerprint density at radius 2 is 2.15 bits per heavy atom. The van der Waals surface area contributed by atoms with Crippen molar-refractivity contribution in [3.8, 4) is 0 Å². The van der Waals surface area contributed by atoms with Crippen LogP contribution in [0.1, 0.15) is 41.0 Å². The van der Waals surface area contributed by atoms with Gasteiger partial charge < -0.3 is 0 Å². The minimum Gasteiger partial charge on any atom is -0.298 e. The van der Waals surface area contributed by atoms with Gasteiger partial charge in [-0.15, -0.1) is 0 Å². The van der Waals surface area contributed by atoms with Crippen LogP contribution in [0.2, 0.25) is 5.15 Å². The number of rotatable bonds is 5. The molecule has 4 heteroatoms. The molecule has 1 aromatic heterocycles. The fourth-order valence-electron chi connectivity index (χ4n) is 2.24. The molecule has 0 aliphatic heterocycles. The summed E-state index contributed by atoms with van der Waals surface area (Å²) in [4.78, 5) is 11.2. The van der Waals surface area contributed by atoms with Crippen molar-refractivity contribution in [1.29, 1.82) is 0 Å². The SMILES string of the molecule is Cc1cccc(Cn2nc(CC(C)C)c(C=O)c2Cl)c1. The molecule has 0 N–H and O–H groups in total. The maximum atomic E-state index is 11.2. The van der Waals surface area contributed by atoms with Crippen LogP contribution in [0, 0.1) is 12.8 Å². The van der Waals surface area contributed by atoms with Crippen molar-refractivity contribution in [3.05, 3.63) is 51.8 Å². The molecule has 1 heterocycles. The van der Waals surface area contributed by atoms with Gasteiger partial charge in [0.05, 0.1) is 17.8 Å². The lowest BCUT2D eigenvalue weighted by Gasteiger charge is -2.04. The second-order valence-corrected chi connectivity index (χ2v) is 5.87. The summed E-state index contributed by atoms with van der Waals surface area (Å²) in [5, 5.41) is 4.93. The smallest absolute Gasteiger partial charge is 0.155 e. The molecule has 0 aliphatic rings. The van der Waals surface area contributed by atoms with Gasteiger partial charge >= 0.3 is 0 Å². The molecule has 0 radical (unpaired) electrons. The number of halogens is 1. The van der Waals surface area contributed by atoms with Crippen LogP contribution >= 0.6 is 11.6 Å². The number of benzene rings is 1. The molecule has 3 nitrogen and oxygen atoms in total. The summed E-state index contributed by atoms with van der Waals surface area (Å²) in [6, 6.07) is 8.20. The Kier molecular flexibility index (Phi) is 4.61. The number of aromatic nitrogens is 2. The Bertz CT molecular complexity index is 617. The predicted molar refractivity (Wildman–Crippen MR) is 81.4 cm³/mol. The largest absolute Gasteiger partial charge is 0.298 e. The lowest BCUT2D eigenvalue weighted by Crippen LogP contribution is -2.03. The second kappa shape index (κ2) is 6.23. The zero-order valence-electron chi connectivity index (χ0n) is 12.1. The summed E-state index contributed by atoms with van der Waals surface area (Å²) < 4.78 is 1.71. The Morgan fingerprint density at radius 1 is 1.40 bits per heavy atom. The van der Waals surface area contributed by atoms with Gasteiger partial charge in [0.25, 0.3) is 0 Å². The zero-order chi connectivity index (χ0) is 14.7. The van der Waals surface area contributed by atoms with Crippen molar-refractivity contribution in [2.45, 2.75) is 33.7 Å². The zero-order valence-corrected chi connectivity index (χ0v) is 12.8. The molecular formula is C16H19ClN2O. The summed E-state index contributed by atoms with van der Waals surface area (Å²) >= 11 is 6.27. The van der Waals surface area contributed by atoms with Crippen LogP contribution in [0.15, 0.2) is 24.3 Å². The van der Waals surface area contributed by atoms with Gasteiger partial charge in [0.2, 0.25) is 0 Å². The van der Waals surface area contributed by atoms with Crippen molar-refractivity contribution in [3.63, 3.8) is 0 Å². The first-order valence-electron chi connectivity index (χ1n) is 6.77. The van der Waals surface area contributed by atoms with E-state index in [1.54, 1.807) is 4.68 Å². The van der Waals surface area contributed by atoms with E-state index < -0.39 is 0 Å². The number of carbonyl (C=O) groups is 1. The normalized spacial score (nSPS) is 11.1. The molecule has 0 aliphatic carbocycles. The van der Waals surface area contributed by atoms with Gasteiger partial charge in [-0.25, -0.2) is 4.68 Å². The highest BCUT2D eigenvalue weighted by Crippen LogP contribution is 2.22. The van der Waals surface area contributed by atoms with Crippen LogP contribution in [0.4, 0.5) is 0 Å². The first-order valence-corrected chi connectivity index (χ1v) is 7.15. The number of nitrogens with zero attached hydrogens (tertiary/aromatic N) is 2. The summed E-state index contributed by atoms with van der Waals surface area (Å²) in [5.41, 5.74) is 3.63. The molecular weight excluding hydrogens is 272 g/mol. The molecule has 0 saturated heterocycles. The van der Waals surface area contributed by atoms with Gasteiger partial charge in [-0.3, -0.25) is 4.79 Å². The van der Waals surface area contributed by atoms with Crippen molar-refractivity contribution < 1.29 is 4.79 Å². The van der Waals surface area contributed by atoms with E-state index in [1.807, 2.05) is 12.1 Å². The van der Waals surface area contributed by atoms with Crippen LogP contribution in [-0.2, 0) is 13.0 Å². The fourth-order valence-corrected chi connectivity index (χ4v) is 2.50. The maximum absolute atomic E-state index is 11.2. The van der Waals surface area contributed by atoms with Gasteiger partial charge in [0, 0.05) is 0 Å². The standard InChI is InChI=1S/C16H19ClN2O/c1-11(2)7-15-14(10-20)16(17)19(18-15)9-13-6-4-5-12(3)8-13/h4-6,8,10-11H,7,9H2,1-3H3. The molecule has 0 saturated carbocycles. The molecule has 0 bridgehead atoms. The Hall–Kier alpha value is -1.61. The van der Waals surface area contributed by atoms with E-state index in [1.165, 1.54) is 5.56 Å². The summed E-state index contributed by atoms with van der Waals surface area (Å²) in [7, 11) is 0. The molecule has 2 rings (SSSR count). The molecule has 0 atom stereocenters. The molecule has 106 valence electrons. The highest BCUT2D eigenvalue weighted by molar-refractivity contribution is 6.32. The molecule has 0 amide bonds. The van der Waals surface area contributed by atoms with Crippen molar-refractivity contribution in [1.82, 2.24) is 9.78 Å². The number of aryl methyl sites for hydroxylation is 1. The average Bonchev–Trinajstić information content (AvgIpc) is 2.64. The van der Waals surface area contributed by atoms with Crippen molar-refractivity contribution in [2.24, 2.45) is 5.92 Å². The third kappa shape index (κ3) is 3.28. The highest BCUT2D eigenvalue weighted by Gasteiger charge is 2.16. The lowest BCUT2D eigenvalue weighted by molar-refractivity contribution is 0.112. The van der Waals surface area contributed by atoms with E-state index in [-0.39, 0.29) is 0 Å². The lowest BCUT2D eigenvalue weighted by atomic mass is 10.1. The number of hydrogen-bond acceptors (Lipinski definition) is 2. The molecule has 0 spiro atoms. The molecule has 2 aromatic rings. The van der Waals surface area contributed by atoms with Gasteiger partial charge in [0.1, 0.15) is 5.15 Å². The van der Waals surface area contributed by atoms with Gasteiger partial charge in [-0.05, 0) is 24.8 Å². The van der Waals surface area contributed by atoms with Gasteiger partial charge in [-0.1, -0.05) is 55.3 Å². The van der Waals surface area contributed by atoms with Crippen LogP contribution in [0.25, 0.3) is 0 Å².